The summed E-state index contributed by atoms with van der Waals surface area (Å²) in [6, 6.07) is -1.14. The minimum Gasteiger partial charge on any atom is -0.468 e. The number of hydrogen-bond acceptors (Lipinski definition) is 4. The molecule has 0 aromatic rings. The molecule has 0 spiro atoms. The van der Waals surface area contributed by atoms with Gasteiger partial charge in [0.1, 0.15) is 6.04 Å². The number of halogens is 2. The first-order valence-corrected chi connectivity index (χ1v) is 6.53. The Bertz CT molecular complexity index is 397. The predicted molar refractivity (Wildman–Crippen MR) is 64.7 cm³/mol. The Kier molecular flexibility index (Phi) is 4.12. The summed E-state index contributed by atoms with van der Waals surface area (Å²) in [6.45, 7) is 0.135. The molecule has 2 aliphatic rings. The maximum atomic E-state index is 13.5. The van der Waals surface area contributed by atoms with Crippen LogP contribution in [0.5, 0.6) is 0 Å². The Morgan fingerprint density at radius 1 is 1.30 bits per heavy atom. The molecule has 0 bridgehead atoms. The Morgan fingerprint density at radius 2 is 1.90 bits per heavy atom. The van der Waals surface area contributed by atoms with Crippen LogP contribution in [0.2, 0.25) is 0 Å². The van der Waals surface area contributed by atoms with Crippen LogP contribution in [0.1, 0.15) is 19.3 Å². The second-order valence-electron chi connectivity index (χ2n) is 5.27. The van der Waals surface area contributed by atoms with Gasteiger partial charge in [-0.1, -0.05) is 0 Å². The highest BCUT2D eigenvalue weighted by Crippen LogP contribution is 2.36. The van der Waals surface area contributed by atoms with Crippen LogP contribution in [0, 0.1) is 0 Å². The third-order valence-corrected chi connectivity index (χ3v) is 3.98. The van der Waals surface area contributed by atoms with Gasteiger partial charge in [-0.05, 0) is 12.8 Å². The molecule has 1 atom stereocenters. The molecule has 6 nitrogen and oxygen atoms in total. The highest BCUT2D eigenvalue weighted by atomic mass is 19.3. The van der Waals surface area contributed by atoms with Crippen LogP contribution in [-0.4, -0.2) is 71.7 Å². The van der Waals surface area contributed by atoms with Gasteiger partial charge < -0.3 is 14.7 Å². The molecule has 0 radical (unpaired) electrons. The van der Waals surface area contributed by atoms with Crippen LogP contribution in [0.4, 0.5) is 13.6 Å². The van der Waals surface area contributed by atoms with Gasteiger partial charge in [-0.15, -0.1) is 0 Å². The number of carboxylic acid groups (broad SMARTS) is 1. The summed E-state index contributed by atoms with van der Waals surface area (Å²) in [6.07, 6.45) is -0.621. The maximum Gasteiger partial charge on any atom is 0.407 e. The van der Waals surface area contributed by atoms with Gasteiger partial charge in [0.2, 0.25) is 0 Å². The Morgan fingerprint density at radius 3 is 2.40 bits per heavy atom. The summed E-state index contributed by atoms with van der Waals surface area (Å²) in [5.74, 6) is -3.55. The first-order chi connectivity index (χ1) is 9.34. The normalized spacial score (nSPS) is 27.6. The van der Waals surface area contributed by atoms with Crippen molar-refractivity contribution in [1.82, 2.24) is 9.80 Å². The van der Waals surface area contributed by atoms with E-state index in [1.807, 2.05) is 0 Å². The fraction of sp³-hybridized carbons (Fsp3) is 0.833. The fourth-order valence-electron chi connectivity index (χ4n) is 2.97. The zero-order chi connectivity index (χ0) is 14.9. The first-order valence-electron chi connectivity index (χ1n) is 6.53. The van der Waals surface area contributed by atoms with Crippen molar-refractivity contribution in [3.8, 4) is 0 Å². The number of likely N-dealkylation sites (tertiary alicyclic amines) is 2. The van der Waals surface area contributed by atoms with Gasteiger partial charge in [0.15, 0.2) is 0 Å². The first kappa shape index (κ1) is 15.0. The van der Waals surface area contributed by atoms with E-state index in [0.29, 0.717) is 25.9 Å². The molecule has 2 fully saturated rings. The number of methoxy groups -OCH3 is 1. The number of hydrogen-bond donors (Lipinski definition) is 1. The van der Waals surface area contributed by atoms with Crippen LogP contribution in [0.25, 0.3) is 0 Å². The second-order valence-corrected chi connectivity index (χ2v) is 5.27. The lowest BCUT2D eigenvalue weighted by atomic mass is 10.0. The largest absolute Gasteiger partial charge is 0.468 e. The van der Waals surface area contributed by atoms with Crippen LogP contribution in [0.15, 0.2) is 0 Å². The van der Waals surface area contributed by atoms with Crippen molar-refractivity contribution in [3.05, 3.63) is 0 Å². The molecule has 2 aliphatic heterocycles. The zero-order valence-electron chi connectivity index (χ0n) is 11.2. The SMILES string of the molecule is COC(=O)C1CC(F)(F)CN1C1CCN(C(=O)O)CC1. The molecule has 0 saturated carbocycles. The minimum atomic E-state index is -2.90. The number of esters is 1. The van der Waals surface area contributed by atoms with Gasteiger partial charge in [-0.2, -0.15) is 0 Å². The van der Waals surface area contributed by atoms with E-state index in [4.69, 9.17) is 5.11 Å². The molecule has 0 aliphatic carbocycles. The van der Waals surface area contributed by atoms with E-state index >= 15 is 0 Å². The monoisotopic (exact) mass is 292 g/mol. The molecular formula is C12H18F2N2O4. The molecule has 0 aromatic carbocycles. The number of carbonyl (C=O) groups excluding carboxylic acids is 1. The van der Waals surface area contributed by atoms with Crippen molar-refractivity contribution in [1.29, 1.82) is 0 Å². The van der Waals surface area contributed by atoms with E-state index in [1.165, 1.54) is 16.9 Å². The summed E-state index contributed by atoms with van der Waals surface area (Å²) >= 11 is 0. The standard InChI is InChI=1S/C12H18F2N2O4/c1-20-10(17)9-6-12(13,14)7-16(9)8-2-4-15(5-3-8)11(18)19/h8-9H,2-7H2,1H3,(H,18,19). The van der Waals surface area contributed by atoms with E-state index in [9.17, 15) is 18.4 Å². The molecular weight excluding hydrogens is 274 g/mol. The molecule has 8 heteroatoms. The van der Waals surface area contributed by atoms with Gasteiger partial charge in [0.25, 0.3) is 5.92 Å². The van der Waals surface area contributed by atoms with Crippen LogP contribution in [-0.2, 0) is 9.53 Å². The molecule has 2 rings (SSSR count). The predicted octanol–water partition coefficient (Wildman–Crippen LogP) is 1.01. The quantitative estimate of drug-likeness (QED) is 0.769. The lowest BCUT2D eigenvalue weighted by Gasteiger charge is -2.37. The summed E-state index contributed by atoms with van der Waals surface area (Å²) in [7, 11) is 1.18. The van der Waals surface area contributed by atoms with Crippen molar-refractivity contribution in [2.75, 3.05) is 26.7 Å². The Hall–Kier alpha value is -1.44. The molecule has 114 valence electrons. The van der Waals surface area contributed by atoms with Gasteiger partial charge in [0, 0.05) is 25.6 Å². The van der Waals surface area contributed by atoms with Crippen molar-refractivity contribution in [2.45, 2.75) is 37.3 Å². The minimum absolute atomic E-state index is 0.205. The van der Waals surface area contributed by atoms with Crippen molar-refractivity contribution >= 4 is 12.1 Å². The van der Waals surface area contributed by atoms with Crippen LogP contribution in [0.3, 0.4) is 0 Å². The van der Waals surface area contributed by atoms with Gasteiger partial charge in [-0.25, -0.2) is 13.6 Å². The van der Waals surface area contributed by atoms with Crippen molar-refractivity contribution in [3.63, 3.8) is 0 Å². The summed E-state index contributed by atoms with van der Waals surface area (Å²) in [5.41, 5.74) is 0. The molecule has 2 saturated heterocycles. The van der Waals surface area contributed by atoms with E-state index in [1.54, 1.807) is 0 Å². The lowest BCUT2D eigenvalue weighted by molar-refractivity contribution is -0.147. The van der Waals surface area contributed by atoms with E-state index in [-0.39, 0.29) is 6.04 Å². The topological polar surface area (TPSA) is 70.1 Å². The van der Waals surface area contributed by atoms with E-state index in [0.717, 1.165) is 0 Å². The summed E-state index contributed by atoms with van der Waals surface area (Å²) < 4.78 is 31.7. The lowest BCUT2D eigenvalue weighted by Crippen LogP contribution is -2.50. The Balaban J connectivity index is 2.03. The average molecular weight is 292 g/mol. The Labute approximate surface area is 115 Å². The smallest absolute Gasteiger partial charge is 0.407 e. The van der Waals surface area contributed by atoms with E-state index < -0.39 is 37.0 Å². The average Bonchev–Trinajstić information content (AvgIpc) is 2.74. The molecule has 1 N–H and O–H groups in total. The summed E-state index contributed by atoms with van der Waals surface area (Å²) in [4.78, 5) is 25.2. The number of nitrogens with zero attached hydrogens (tertiary/aromatic N) is 2. The third-order valence-electron chi connectivity index (χ3n) is 3.98. The molecule has 1 unspecified atom stereocenters. The molecule has 20 heavy (non-hydrogen) atoms. The third kappa shape index (κ3) is 3.00. The number of ether oxygens (including phenoxy) is 1. The van der Waals surface area contributed by atoms with Crippen molar-refractivity contribution < 1.29 is 28.2 Å². The van der Waals surface area contributed by atoms with Gasteiger partial charge >= 0.3 is 12.1 Å². The fourth-order valence-corrected chi connectivity index (χ4v) is 2.97. The highest BCUT2D eigenvalue weighted by Gasteiger charge is 2.51. The van der Waals surface area contributed by atoms with E-state index in [2.05, 4.69) is 4.74 Å². The zero-order valence-corrected chi connectivity index (χ0v) is 11.2. The molecule has 1 amide bonds. The van der Waals surface area contributed by atoms with Gasteiger partial charge in [-0.3, -0.25) is 9.69 Å². The van der Waals surface area contributed by atoms with Crippen LogP contribution < -0.4 is 0 Å². The summed E-state index contributed by atoms with van der Waals surface area (Å²) in [5, 5.41) is 8.87. The number of amides is 1. The maximum absolute atomic E-state index is 13.5. The number of carbonyl (C=O) groups is 2. The number of piperidine rings is 1. The molecule has 0 aromatic heterocycles. The van der Waals surface area contributed by atoms with Crippen LogP contribution >= 0.6 is 0 Å². The number of rotatable bonds is 2. The second kappa shape index (κ2) is 5.51. The molecule has 2 heterocycles. The van der Waals surface area contributed by atoms with Crippen molar-refractivity contribution in [2.24, 2.45) is 0 Å². The highest BCUT2D eigenvalue weighted by molar-refractivity contribution is 5.76. The number of alkyl halides is 2. The van der Waals surface area contributed by atoms with Gasteiger partial charge in [0.05, 0.1) is 13.7 Å².